The van der Waals surface area contributed by atoms with Crippen molar-refractivity contribution in [3.63, 3.8) is 0 Å². The van der Waals surface area contributed by atoms with Gasteiger partial charge in [0.15, 0.2) is 0 Å². The van der Waals surface area contributed by atoms with Crippen molar-refractivity contribution in [3.05, 3.63) is 67.4 Å². The molecule has 0 aliphatic heterocycles. The van der Waals surface area contributed by atoms with Gasteiger partial charge < -0.3 is 19.2 Å². The number of aromatic amines is 2. The molecule has 0 aliphatic carbocycles. The SMILES string of the molecule is Cc1cn(-c2cncc3[nH]c(-c4n[nH]c5cnc(-c6cncc(OCCN(C)C)c6)cc45)cc23)cn1. The van der Waals surface area contributed by atoms with Gasteiger partial charge in [0.1, 0.15) is 18.1 Å². The second-order valence-corrected chi connectivity index (χ2v) is 8.97. The first kappa shape index (κ1) is 21.9. The summed E-state index contributed by atoms with van der Waals surface area (Å²) in [6.07, 6.45) is 12.8. The quantitative estimate of drug-likeness (QED) is 0.356. The Morgan fingerprint density at radius 2 is 1.83 bits per heavy atom. The van der Waals surface area contributed by atoms with E-state index in [4.69, 9.17) is 4.74 Å². The van der Waals surface area contributed by atoms with Gasteiger partial charge >= 0.3 is 0 Å². The summed E-state index contributed by atoms with van der Waals surface area (Å²) >= 11 is 0. The number of fused-ring (bicyclic) bond motifs is 2. The molecule has 180 valence electrons. The molecule has 6 aromatic rings. The summed E-state index contributed by atoms with van der Waals surface area (Å²) in [6, 6.07) is 6.08. The topological polar surface area (TPSA) is 113 Å². The van der Waals surface area contributed by atoms with Crippen LogP contribution in [0, 0.1) is 6.92 Å². The predicted octanol–water partition coefficient (Wildman–Crippen LogP) is 4.00. The summed E-state index contributed by atoms with van der Waals surface area (Å²) in [5.41, 5.74) is 7.04. The first-order valence-corrected chi connectivity index (χ1v) is 11.6. The normalized spacial score (nSPS) is 11.7. The average Bonchev–Trinajstić information content (AvgIpc) is 3.61. The smallest absolute Gasteiger partial charge is 0.138 e. The lowest BCUT2D eigenvalue weighted by atomic mass is 10.1. The van der Waals surface area contributed by atoms with Gasteiger partial charge in [-0.05, 0) is 39.2 Å². The van der Waals surface area contributed by atoms with Gasteiger partial charge in [-0.2, -0.15) is 5.10 Å². The highest BCUT2D eigenvalue weighted by Gasteiger charge is 2.15. The molecule has 36 heavy (non-hydrogen) atoms. The Balaban J connectivity index is 1.37. The molecule has 10 nitrogen and oxygen atoms in total. The molecule has 0 amide bonds. The van der Waals surface area contributed by atoms with E-state index < -0.39 is 0 Å². The van der Waals surface area contributed by atoms with Crippen LogP contribution >= 0.6 is 0 Å². The van der Waals surface area contributed by atoms with Crippen molar-refractivity contribution in [2.75, 3.05) is 27.2 Å². The molecular weight excluding hydrogens is 454 g/mol. The molecule has 6 aromatic heterocycles. The van der Waals surface area contributed by atoms with Gasteiger partial charge in [0.25, 0.3) is 0 Å². The summed E-state index contributed by atoms with van der Waals surface area (Å²) in [7, 11) is 4.03. The van der Waals surface area contributed by atoms with Crippen molar-refractivity contribution in [2.45, 2.75) is 6.92 Å². The van der Waals surface area contributed by atoms with Gasteiger partial charge in [-0.25, -0.2) is 4.98 Å². The maximum absolute atomic E-state index is 5.86. The van der Waals surface area contributed by atoms with Crippen LogP contribution in [0.2, 0.25) is 0 Å². The summed E-state index contributed by atoms with van der Waals surface area (Å²) < 4.78 is 7.84. The Hall–Kier alpha value is -4.57. The third kappa shape index (κ3) is 4.07. The van der Waals surface area contributed by atoms with Crippen molar-refractivity contribution in [1.29, 1.82) is 0 Å². The van der Waals surface area contributed by atoms with Gasteiger partial charge in [-0.1, -0.05) is 0 Å². The minimum absolute atomic E-state index is 0.590. The fourth-order valence-corrected chi connectivity index (χ4v) is 4.19. The second-order valence-electron chi connectivity index (χ2n) is 8.97. The van der Waals surface area contributed by atoms with Crippen LogP contribution in [0.3, 0.4) is 0 Å². The van der Waals surface area contributed by atoms with Gasteiger partial charge in [0.05, 0.1) is 64.9 Å². The largest absolute Gasteiger partial charge is 0.491 e. The zero-order chi connectivity index (χ0) is 24.6. The summed E-state index contributed by atoms with van der Waals surface area (Å²) in [4.78, 5) is 23.3. The minimum atomic E-state index is 0.590. The van der Waals surface area contributed by atoms with Crippen LogP contribution in [0.4, 0.5) is 0 Å². The first-order valence-electron chi connectivity index (χ1n) is 11.6. The van der Waals surface area contributed by atoms with E-state index in [-0.39, 0.29) is 0 Å². The fraction of sp³-hybridized carbons (Fsp3) is 0.192. The number of hydrogen-bond donors (Lipinski definition) is 2. The van der Waals surface area contributed by atoms with Crippen LogP contribution in [0.25, 0.3) is 50.1 Å². The molecule has 0 bridgehead atoms. The van der Waals surface area contributed by atoms with Gasteiger partial charge in [0.2, 0.25) is 0 Å². The molecule has 10 heteroatoms. The lowest BCUT2D eigenvalue weighted by Crippen LogP contribution is -2.19. The number of nitrogens with one attached hydrogen (secondary N) is 2. The first-order chi connectivity index (χ1) is 17.5. The third-order valence-corrected chi connectivity index (χ3v) is 6.03. The Morgan fingerprint density at radius 3 is 2.67 bits per heavy atom. The molecule has 6 heterocycles. The highest BCUT2D eigenvalue weighted by molar-refractivity contribution is 5.98. The molecule has 2 N–H and O–H groups in total. The molecule has 0 aliphatic rings. The molecule has 0 spiro atoms. The third-order valence-electron chi connectivity index (χ3n) is 6.03. The summed E-state index contributed by atoms with van der Waals surface area (Å²) in [5, 5.41) is 9.69. The molecule has 0 atom stereocenters. The molecule has 0 unspecified atom stereocenters. The number of nitrogens with zero attached hydrogens (tertiary/aromatic N) is 7. The van der Waals surface area contributed by atoms with E-state index in [1.165, 1.54) is 0 Å². The van der Waals surface area contributed by atoms with Crippen molar-refractivity contribution >= 4 is 21.8 Å². The van der Waals surface area contributed by atoms with Gasteiger partial charge in [-0.15, -0.1) is 0 Å². The van der Waals surface area contributed by atoms with Crippen molar-refractivity contribution in [3.8, 4) is 34.1 Å². The maximum Gasteiger partial charge on any atom is 0.138 e. The Morgan fingerprint density at radius 1 is 0.944 bits per heavy atom. The van der Waals surface area contributed by atoms with E-state index >= 15 is 0 Å². The number of hydrogen-bond acceptors (Lipinski definition) is 7. The van der Waals surface area contributed by atoms with Crippen molar-refractivity contribution in [2.24, 2.45) is 0 Å². The Kier molecular flexibility index (Phi) is 5.42. The van der Waals surface area contributed by atoms with Crippen LogP contribution < -0.4 is 4.74 Å². The Bertz CT molecular complexity index is 1680. The zero-order valence-corrected chi connectivity index (χ0v) is 20.2. The van der Waals surface area contributed by atoms with Crippen molar-refractivity contribution in [1.82, 2.24) is 44.6 Å². The number of pyridine rings is 3. The second kappa shape index (κ2) is 8.90. The predicted molar refractivity (Wildman–Crippen MR) is 138 cm³/mol. The number of imidazole rings is 1. The van der Waals surface area contributed by atoms with E-state index in [1.54, 1.807) is 24.9 Å². The van der Waals surface area contributed by atoms with E-state index in [0.717, 1.165) is 62.4 Å². The van der Waals surface area contributed by atoms with Crippen LogP contribution in [0.15, 0.2) is 61.7 Å². The maximum atomic E-state index is 5.86. The Labute approximate surface area is 207 Å². The van der Waals surface area contributed by atoms with Crippen molar-refractivity contribution < 1.29 is 4.74 Å². The molecule has 0 aromatic carbocycles. The average molecular weight is 480 g/mol. The summed E-state index contributed by atoms with van der Waals surface area (Å²) in [6.45, 7) is 3.39. The monoisotopic (exact) mass is 479 g/mol. The number of aryl methyl sites for hydroxylation is 1. The number of rotatable bonds is 7. The molecular formula is C26H25N9O. The van der Waals surface area contributed by atoms with E-state index in [2.05, 4.69) is 46.1 Å². The standard InChI is InChI=1S/C26H25N9O/c1-16-14-35(15-30-16)25-13-28-11-23-19(25)7-22(31-23)26-20-8-21(29-12-24(20)32-33-26)17-6-18(10-27-9-17)36-5-4-34(2)3/h6-15,31H,4-5H2,1-3H3,(H,32,33). The fourth-order valence-electron chi connectivity index (χ4n) is 4.19. The molecule has 0 saturated heterocycles. The number of likely N-dealkylation sites (N-methyl/N-ethyl adjacent to an activating group) is 1. The van der Waals surface area contributed by atoms with E-state index in [9.17, 15) is 0 Å². The van der Waals surface area contributed by atoms with Crippen LogP contribution in [-0.2, 0) is 0 Å². The zero-order valence-electron chi connectivity index (χ0n) is 20.2. The van der Waals surface area contributed by atoms with Crippen LogP contribution in [0.1, 0.15) is 5.69 Å². The summed E-state index contributed by atoms with van der Waals surface area (Å²) in [5.74, 6) is 0.717. The molecule has 0 radical (unpaired) electrons. The van der Waals surface area contributed by atoms with Crippen LogP contribution in [-0.4, -0.2) is 71.8 Å². The van der Waals surface area contributed by atoms with Gasteiger partial charge in [0, 0.05) is 35.3 Å². The number of aromatic nitrogens is 8. The van der Waals surface area contributed by atoms with E-state index in [0.29, 0.717) is 12.4 Å². The highest BCUT2D eigenvalue weighted by atomic mass is 16.5. The lowest BCUT2D eigenvalue weighted by Gasteiger charge is -2.11. The highest BCUT2D eigenvalue weighted by Crippen LogP contribution is 2.32. The van der Waals surface area contributed by atoms with E-state index in [1.807, 2.05) is 56.3 Å². The lowest BCUT2D eigenvalue weighted by molar-refractivity contribution is 0.261. The van der Waals surface area contributed by atoms with Crippen LogP contribution in [0.5, 0.6) is 5.75 Å². The van der Waals surface area contributed by atoms with Gasteiger partial charge in [-0.3, -0.25) is 20.1 Å². The number of ether oxygens (including phenoxy) is 1. The molecule has 0 saturated carbocycles. The molecule has 0 fully saturated rings. The number of H-pyrrole nitrogens is 2. The minimum Gasteiger partial charge on any atom is -0.491 e. The molecule has 6 rings (SSSR count).